The van der Waals surface area contributed by atoms with Crippen LogP contribution in [0.15, 0.2) is 0 Å². The number of hydrogen-bond acceptors (Lipinski definition) is 4. The molecular formula is C20H33N3O3. The summed E-state index contributed by atoms with van der Waals surface area (Å²) in [5, 5.41) is 3.17. The van der Waals surface area contributed by atoms with Gasteiger partial charge < -0.3 is 15.0 Å². The Bertz CT molecular complexity index is 502. The zero-order valence-electron chi connectivity index (χ0n) is 15.8. The summed E-state index contributed by atoms with van der Waals surface area (Å²) in [7, 11) is 0. The van der Waals surface area contributed by atoms with Crippen molar-refractivity contribution in [2.45, 2.75) is 63.5 Å². The summed E-state index contributed by atoms with van der Waals surface area (Å²) >= 11 is 0. The van der Waals surface area contributed by atoms with E-state index in [9.17, 15) is 9.59 Å². The first-order chi connectivity index (χ1) is 12.7. The summed E-state index contributed by atoms with van der Waals surface area (Å²) < 4.78 is 5.65. The van der Waals surface area contributed by atoms with Crippen LogP contribution in [-0.4, -0.2) is 73.1 Å². The summed E-state index contributed by atoms with van der Waals surface area (Å²) in [6, 6.07) is -0.0305. The largest absolute Gasteiger partial charge is 0.376 e. The van der Waals surface area contributed by atoms with Crippen LogP contribution in [0.25, 0.3) is 0 Å². The van der Waals surface area contributed by atoms with Crippen molar-refractivity contribution < 1.29 is 14.3 Å². The molecule has 2 aliphatic carbocycles. The molecule has 0 aromatic carbocycles. The van der Waals surface area contributed by atoms with Gasteiger partial charge in [0.05, 0.1) is 12.1 Å². The van der Waals surface area contributed by atoms with Crippen LogP contribution in [0.1, 0.15) is 51.4 Å². The molecule has 0 bridgehead atoms. The molecule has 2 amide bonds. The summed E-state index contributed by atoms with van der Waals surface area (Å²) in [4.78, 5) is 29.7. The highest BCUT2D eigenvalue weighted by Gasteiger charge is 2.39. The first-order valence-corrected chi connectivity index (χ1v) is 10.6. The van der Waals surface area contributed by atoms with E-state index in [0.717, 1.165) is 71.3 Å². The molecule has 2 atom stereocenters. The first kappa shape index (κ1) is 18.2. The monoisotopic (exact) mass is 363 g/mol. The summed E-state index contributed by atoms with van der Waals surface area (Å²) in [5.41, 5.74) is 0. The van der Waals surface area contributed by atoms with Crippen molar-refractivity contribution in [1.82, 2.24) is 15.1 Å². The van der Waals surface area contributed by atoms with Crippen LogP contribution < -0.4 is 5.32 Å². The molecule has 1 N–H and O–H groups in total. The van der Waals surface area contributed by atoms with Crippen molar-refractivity contribution in [3.63, 3.8) is 0 Å². The Morgan fingerprint density at radius 2 is 1.69 bits per heavy atom. The second kappa shape index (κ2) is 8.26. The summed E-state index contributed by atoms with van der Waals surface area (Å²) in [5.74, 6) is 1.27. The normalized spacial score (nSPS) is 29.1. The molecule has 6 heteroatoms. The number of amides is 2. The standard InChI is InChI=1S/C20H33N3O3/c24-19(21-14-17-6-3-13-26-17)18(15-4-1-2-5-15)22-9-11-23(12-10-22)20(25)16-7-8-16/h15-18H,1-14H2,(H,21,24)/t17-,18+/m0/s1. The Labute approximate surface area is 156 Å². The molecule has 0 aromatic heterocycles. The third kappa shape index (κ3) is 4.22. The third-order valence-corrected chi connectivity index (χ3v) is 6.59. The molecule has 2 saturated carbocycles. The van der Waals surface area contributed by atoms with Crippen LogP contribution in [0.5, 0.6) is 0 Å². The van der Waals surface area contributed by atoms with Gasteiger partial charge in [-0.25, -0.2) is 0 Å². The fourth-order valence-corrected chi connectivity index (χ4v) is 4.88. The average molecular weight is 364 g/mol. The third-order valence-electron chi connectivity index (χ3n) is 6.59. The zero-order valence-corrected chi connectivity index (χ0v) is 15.8. The number of hydrogen-bond donors (Lipinski definition) is 1. The lowest BCUT2D eigenvalue weighted by molar-refractivity contribution is -0.136. The Morgan fingerprint density at radius 3 is 2.31 bits per heavy atom. The van der Waals surface area contributed by atoms with E-state index in [1.807, 2.05) is 4.90 Å². The van der Waals surface area contributed by atoms with Crippen LogP contribution in [0, 0.1) is 11.8 Å². The number of rotatable bonds is 6. The number of ether oxygens (including phenoxy) is 1. The molecule has 2 saturated heterocycles. The van der Waals surface area contributed by atoms with Crippen molar-refractivity contribution in [2.24, 2.45) is 11.8 Å². The fourth-order valence-electron chi connectivity index (χ4n) is 4.88. The Balaban J connectivity index is 1.33. The van der Waals surface area contributed by atoms with Gasteiger partial charge in [-0.2, -0.15) is 0 Å². The highest BCUT2D eigenvalue weighted by molar-refractivity contribution is 5.83. The maximum atomic E-state index is 13.0. The molecule has 2 aliphatic heterocycles. The van der Waals surface area contributed by atoms with Gasteiger partial charge >= 0.3 is 0 Å². The first-order valence-electron chi connectivity index (χ1n) is 10.6. The smallest absolute Gasteiger partial charge is 0.237 e. The maximum absolute atomic E-state index is 13.0. The summed E-state index contributed by atoms with van der Waals surface area (Å²) in [6.07, 6.45) is 9.25. The molecular weight excluding hydrogens is 330 g/mol. The van der Waals surface area contributed by atoms with Crippen LogP contribution in [0.4, 0.5) is 0 Å². The number of carbonyl (C=O) groups excluding carboxylic acids is 2. The van der Waals surface area contributed by atoms with Gasteiger partial charge in [-0.15, -0.1) is 0 Å². The molecule has 4 aliphatic rings. The minimum absolute atomic E-state index is 0.0305. The van der Waals surface area contributed by atoms with Gasteiger partial charge in [-0.05, 0) is 44.4 Å². The molecule has 0 aromatic rings. The van der Waals surface area contributed by atoms with Gasteiger partial charge in [0, 0.05) is 45.2 Å². The van der Waals surface area contributed by atoms with Gasteiger partial charge in [0.1, 0.15) is 0 Å². The molecule has 26 heavy (non-hydrogen) atoms. The van der Waals surface area contributed by atoms with E-state index in [4.69, 9.17) is 4.74 Å². The topological polar surface area (TPSA) is 61.9 Å². The number of nitrogens with zero attached hydrogens (tertiary/aromatic N) is 2. The number of carbonyl (C=O) groups is 2. The molecule has 0 spiro atoms. The van der Waals surface area contributed by atoms with Crippen LogP contribution >= 0.6 is 0 Å². The molecule has 6 nitrogen and oxygen atoms in total. The maximum Gasteiger partial charge on any atom is 0.237 e. The minimum atomic E-state index is -0.0305. The predicted octanol–water partition coefficient (Wildman–Crippen LogP) is 1.39. The van der Waals surface area contributed by atoms with E-state index < -0.39 is 0 Å². The Hall–Kier alpha value is -1.14. The zero-order chi connectivity index (χ0) is 17.9. The van der Waals surface area contributed by atoms with Crippen molar-refractivity contribution in [3.8, 4) is 0 Å². The van der Waals surface area contributed by atoms with Crippen molar-refractivity contribution >= 4 is 11.8 Å². The second-order valence-corrected chi connectivity index (χ2v) is 8.51. The average Bonchev–Trinajstić information content (AvgIpc) is 3.14. The van der Waals surface area contributed by atoms with Crippen LogP contribution in [0.2, 0.25) is 0 Å². The second-order valence-electron chi connectivity index (χ2n) is 8.51. The molecule has 146 valence electrons. The van der Waals surface area contributed by atoms with Crippen LogP contribution in [-0.2, 0) is 14.3 Å². The van der Waals surface area contributed by atoms with E-state index in [2.05, 4.69) is 10.2 Å². The van der Waals surface area contributed by atoms with E-state index in [1.165, 1.54) is 12.8 Å². The lowest BCUT2D eigenvalue weighted by Crippen LogP contribution is -2.58. The molecule has 0 unspecified atom stereocenters. The molecule has 2 heterocycles. The highest BCUT2D eigenvalue weighted by atomic mass is 16.5. The lowest BCUT2D eigenvalue weighted by atomic mass is 9.95. The molecule has 4 fully saturated rings. The van der Waals surface area contributed by atoms with E-state index >= 15 is 0 Å². The Morgan fingerprint density at radius 1 is 0.962 bits per heavy atom. The van der Waals surface area contributed by atoms with E-state index in [0.29, 0.717) is 24.3 Å². The lowest BCUT2D eigenvalue weighted by Gasteiger charge is -2.41. The number of piperazine rings is 1. The van der Waals surface area contributed by atoms with E-state index in [1.54, 1.807) is 0 Å². The van der Waals surface area contributed by atoms with Crippen molar-refractivity contribution in [2.75, 3.05) is 39.3 Å². The van der Waals surface area contributed by atoms with Crippen molar-refractivity contribution in [3.05, 3.63) is 0 Å². The quantitative estimate of drug-likeness (QED) is 0.775. The Kier molecular flexibility index (Phi) is 5.79. The summed E-state index contributed by atoms with van der Waals surface area (Å²) in [6.45, 7) is 4.67. The predicted molar refractivity (Wildman–Crippen MR) is 98.6 cm³/mol. The van der Waals surface area contributed by atoms with Gasteiger partial charge in [-0.1, -0.05) is 12.8 Å². The minimum Gasteiger partial charge on any atom is -0.376 e. The molecule has 4 rings (SSSR count). The van der Waals surface area contributed by atoms with Gasteiger partial charge in [0.2, 0.25) is 11.8 Å². The fraction of sp³-hybridized carbons (Fsp3) is 0.900. The highest BCUT2D eigenvalue weighted by Crippen LogP contribution is 2.33. The number of nitrogens with one attached hydrogen (secondary N) is 1. The SMILES string of the molecule is O=C(NC[C@@H]1CCCO1)[C@@H](C1CCCC1)N1CCN(C(=O)C2CC2)CC1. The molecule has 0 radical (unpaired) electrons. The van der Waals surface area contributed by atoms with Crippen molar-refractivity contribution in [1.29, 1.82) is 0 Å². The van der Waals surface area contributed by atoms with Gasteiger partial charge in [0.15, 0.2) is 0 Å². The van der Waals surface area contributed by atoms with Gasteiger partial charge in [-0.3, -0.25) is 14.5 Å². The van der Waals surface area contributed by atoms with Crippen LogP contribution in [0.3, 0.4) is 0 Å². The van der Waals surface area contributed by atoms with Gasteiger partial charge in [0.25, 0.3) is 0 Å². The van der Waals surface area contributed by atoms with E-state index in [-0.39, 0.29) is 18.1 Å².